The van der Waals surface area contributed by atoms with Gasteiger partial charge in [-0.2, -0.15) is 0 Å². The van der Waals surface area contributed by atoms with Crippen molar-refractivity contribution in [2.45, 2.75) is 60.3 Å². The molecule has 0 nitrogen and oxygen atoms in total. The third-order valence-corrected chi connectivity index (χ3v) is 2.05. The molecule has 1 saturated carbocycles. The van der Waals surface area contributed by atoms with Crippen LogP contribution in [0.2, 0.25) is 0 Å². The topological polar surface area (TPSA) is 0 Å². The van der Waals surface area contributed by atoms with E-state index in [9.17, 15) is 0 Å². The average Bonchev–Trinajstić information content (AvgIpc) is 2.27. The first-order valence-electron chi connectivity index (χ1n) is 6.24. The van der Waals surface area contributed by atoms with Crippen molar-refractivity contribution >= 4 is 0 Å². The van der Waals surface area contributed by atoms with E-state index in [4.69, 9.17) is 0 Å². The monoisotopic (exact) mass is 208 g/mol. The summed E-state index contributed by atoms with van der Waals surface area (Å²) < 4.78 is 0. The van der Waals surface area contributed by atoms with Crippen LogP contribution in [-0.4, -0.2) is 0 Å². The third kappa shape index (κ3) is 8.23. The van der Waals surface area contributed by atoms with E-state index in [0.29, 0.717) is 0 Å². The van der Waals surface area contributed by atoms with Crippen molar-refractivity contribution in [3.63, 3.8) is 0 Å². The summed E-state index contributed by atoms with van der Waals surface area (Å²) in [6.45, 7) is 17.9. The van der Waals surface area contributed by atoms with Crippen molar-refractivity contribution in [1.29, 1.82) is 0 Å². The van der Waals surface area contributed by atoms with E-state index < -0.39 is 0 Å². The molecular formula is C15H28. The first-order chi connectivity index (χ1) is 7.20. The highest BCUT2D eigenvalue weighted by Crippen LogP contribution is 2.27. The van der Waals surface area contributed by atoms with E-state index in [1.165, 1.54) is 36.8 Å². The molecule has 0 heteroatoms. The maximum absolute atomic E-state index is 4.04. The molecule has 0 atom stereocenters. The maximum Gasteiger partial charge on any atom is -0.0276 e. The largest absolute Gasteiger partial charge is 0.0961 e. The molecule has 15 heavy (non-hydrogen) atoms. The van der Waals surface area contributed by atoms with Crippen molar-refractivity contribution in [3.8, 4) is 0 Å². The quantitative estimate of drug-likeness (QED) is 0.520. The maximum atomic E-state index is 4.04. The second-order valence-electron chi connectivity index (χ2n) is 3.33. The molecule has 0 radical (unpaired) electrons. The first-order valence-corrected chi connectivity index (χ1v) is 6.24. The lowest BCUT2D eigenvalue weighted by molar-refractivity contribution is 0.680. The molecule has 1 rings (SSSR count). The van der Waals surface area contributed by atoms with Crippen LogP contribution >= 0.6 is 0 Å². The molecular weight excluding hydrogens is 180 g/mol. The van der Waals surface area contributed by atoms with Gasteiger partial charge >= 0.3 is 0 Å². The fourth-order valence-electron chi connectivity index (χ4n) is 1.46. The second kappa shape index (κ2) is 11.3. The second-order valence-corrected chi connectivity index (χ2v) is 3.33. The molecule has 0 bridgehead atoms. The van der Waals surface area contributed by atoms with Gasteiger partial charge in [-0.25, -0.2) is 0 Å². The van der Waals surface area contributed by atoms with Crippen molar-refractivity contribution in [3.05, 3.63) is 36.0 Å². The van der Waals surface area contributed by atoms with Gasteiger partial charge in [0, 0.05) is 0 Å². The minimum atomic E-state index is 1.14. The lowest BCUT2D eigenvalue weighted by Gasteiger charge is -2.16. The predicted octanol–water partition coefficient (Wildman–Crippen LogP) is 5.67. The van der Waals surface area contributed by atoms with Crippen LogP contribution < -0.4 is 0 Å². The van der Waals surface area contributed by atoms with E-state index in [0.717, 1.165) is 5.57 Å². The van der Waals surface area contributed by atoms with Gasteiger partial charge in [-0.05, 0) is 38.2 Å². The van der Waals surface area contributed by atoms with Crippen molar-refractivity contribution in [2.24, 2.45) is 0 Å². The minimum Gasteiger partial charge on any atom is -0.0961 e. The Morgan fingerprint density at radius 3 is 1.93 bits per heavy atom. The van der Waals surface area contributed by atoms with Gasteiger partial charge in [0.25, 0.3) is 0 Å². The van der Waals surface area contributed by atoms with Crippen LogP contribution in [0.3, 0.4) is 0 Å². The van der Waals surface area contributed by atoms with E-state index in [2.05, 4.69) is 19.2 Å². The van der Waals surface area contributed by atoms with Gasteiger partial charge in [0.2, 0.25) is 0 Å². The third-order valence-electron chi connectivity index (χ3n) is 2.05. The fourth-order valence-corrected chi connectivity index (χ4v) is 1.46. The summed E-state index contributed by atoms with van der Waals surface area (Å²) in [6, 6.07) is 0. The summed E-state index contributed by atoms with van der Waals surface area (Å²) in [6.07, 6.45) is 7.18. The molecule has 0 aromatic heterocycles. The SMILES string of the molecule is C=C(C)/C=C1/CCCCC1=C.CC.CC. The van der Waals surface area contributed by atoms with Gasteiger partial charge in [0.1, 0.15) is 0 Å². The van der Waals surface area contributed by atoms with Gasteiger partial charge in [0.05, 0.1) is 0 Å². The predicted molar refractivity (Wildman–Crippen MR) is 73.2 cm³/mol. The Labute approximate surface area is 96.8 Å². The lowest BCUT2D eigenvalue weighted by Crippen LogP contribution is -1.97. The highest BCUT2D eigenvalue weighted by molar-refractivity contribution is 5.35. The molecule has 0 amide bonds. The summed E-state index contributed by atoms with van der Waals surface area (Å²) in [5.41, 5.74) is 3.88. The summed E-state index contributed by atoms with van der Waals surface area (Å²) in [5, 5.41) is 0. The van der Waals surface area contributed by atoms with Crippen LogP contribution in [0, 0.1) is 0 Å². The minimum absolute atomic E-state index is 1.14. The molecule has 0 aliphatic heterocycles. The number of hydrogen-bond acceptors (Lipinski definition) is 0. The van der Waals surface area contributed by atoms with E-state index >= 15 is 0 Å². The highest BCUT2D eigenvalue weighted by Gasteiger charge is 2.08. The van der Waals surface area contributed by atoms with E-state index in [1.807, 2.05) is 34.6 Å². The van der Waals surface area contributed by atoms with Gasteiger partial charge in [0.15, 0.2) is 0 Å². The van der Waals surface area contributed by atoms with Crippen molar-refractivity contribution in [2.75, 3.05) is 0 Å². The molecule has 1 aliphatic rings. The molecule has 1 fully saturated rings. The Kier molecular flexibility index (Phi) is 12.5. The lowest BCUT2D eigenvalue weighted by atomic mass is 9.90. The summed E-state index contributed by atoms with van der Waals surface area (Å²) >= 11 is 0. The Morgan fingerprint density at radius 2 is 1.53 bits per heavy atom. The van der Waals surface area contributed by atoms with E-state index in [1.54, 1.807) is 0 Å². The van der Waals surface area contributed by atoms with Crippen LogP contribution in [0.15, 0.2) is 36.0 Å². The summed E-state index contributed by atoms with van der Waals surface area (Å²) in [7, 11) is 0. The average molecular weight is 208 g/mol. The zero-order chi connectivity index (χ0) is 12.3. The van der Waals surface area contributed by atoms with Crippen LogP contribution in [-0.2, 0) is 0 Å². The zero-order valence-corrected chi connectivity index (χ0v) is 11.3. The van der Waals surface area contributed by atoms with Crippen LogP contribution in [0.25, 0.3) is 0 Å². The van der Waals surface area contributed by atoms with Gasteiger partial charge < -0.3 is 0 Å². The first kappa shape index (κ1) is 16.6. The van der Waals surface area contributed by atoms with Gasteiger partial charge in [-0.3, -0.25) is 0 Å². The molecule has 0 saturated heterocycles. The van der Waals surface area contributed by atoms with Gasteiger partial charge in [-0.1, -0.05) is 58.1 Å². The van der Waals surface area contributed by atoms with Crippen LogP contribution in [0.5, 0.6) is 0 Å². The molecule has 0 unspecified atom stereocenters. The molecule has 0 spiro atoms. The van der Waals surface area contributed by atoms with Crippen molar-refractivity contribution < 1.29 is 0 Å². The molecule has 1 aliphatic carbocycles. The number of rotatable bonds is 1. The fraction of sp³-hybridized carbons (Fsp3) is 0.600. The molecule has 88 valence electrons. The molecule has 0 aromatic carbocycles. The van der Waals surface area contributed by atoms with Crippen molar-refractivity contribution in [1.82, 2.24) is 0 Å². The van der Waals surface area contributed by atoms with Gasteiger partial charge in [-0.15, -0.1) is 0 Å². The Hall–Kier alpha value is -0.780. The Balaban J connectivity index is 0. The zero-order valence-electron chi connectivity index (χ0n) is 11.3. The smallest absolute Gasteiger partial charge is 0.0276 e. The van der Waals surface area contributed by atoms with Crippen LogP contribution in [0.1, 0.15) is 60.3 Å². The number of hydrogen-bond donors (Lipinski definition) is 0. The Morgan fingerprint density at radius 1 is 1.07 bits per heavy atom. The normalized spacial score (nSPS) is 17.1. The molecule has 0 N–H and O–H groups in total. The highest BCUT2D eigenvalue weighted by atomic mass is 14.1. The summed E-state index contributed by atoms with van der Waals surface area (Å²) in [4.78, 5) is 0. The standard InChI is InChI=1S/C11H16.2C2H6/c1-9(2)8-11-7-5-4-6-10(11)3;2*1-2/h8H,1,3-7H2,2H3;2*1-2H3/b11-8-;;. The van der Waals surface area contributed by atoms with Crippen LogP contribution in [0.4, 0.5) is 0 Å². The molecule has 0 heterocycles. The van der Waals surface area contributed by atoms with E-state index in [-0.39, 0.29) is 0 Å². The Bertz CT molecular complexity index is 206. The molecule has 0 aromatic rings. The summed E-state index contributed by atoms with van der Waals surface area (Å²) in [5.74, 6) is 0. The number of allylic oxidation sites excluding steroid dienone is 4.